The van der Waals surface area contributed by atoms with E-state index >= 15 is 0 Å². The van der Waals surface area contributed by atoms with Gasteiger partial charge in [0.15, 0.2) is 0 Å². The first-order valence-electron chi connectivity index (χ1n) is 6.02. The lowest BCUT2D eigenvalue weighted by molar-refractivity contribution is 0.854. The van der Waals surface area contributed by atoms with E-state index in [1.54, 1.807) is 0 Å². The summed E-state index contributed by atoms with van der Waals surface area (Å²) >= 11 is 0. The molecule has 4 nitrogen and oxygen atoms in total. The number of aryl methyl sites for hydroxylation is 1. The zero-order valence-electron chi connectivity index (χ0n) is 10.4. The van der Waals surface area contributed by atoms with Gasteiger partial charge in [0.1, 0.15) is 5.82 Å². The molecule has 1 aromatic heterocycles. The molecule has 94 valence electrons. The number of hydrogen-bond acceptors (Lipinski definition) is 3. The minimum absolute atomic E-state index is 0.115. The molecule has 3 N–H and O–H groups in total. The zero-order chi connectivity index (χ0) is 13.0. The fourth-order valence-electron chi connectivity index (χ4n) is 1.82. The number of nitrogens with one attached hydrogen (secondary N) is 1. The minimum atomic E-state index is -0.115. The molecule has 1 aromatic carbocycles. The Morgan fingerprint density at radius 1 is 1.28 bits per heavy atom. The van der Waals surface area contributed by atoms with Crippen molar-refractivity contribution in [2.75, 3.05) is 6.54 Å². The minimum Gasteiger partial charge on any atom is -0.330 e. The fourth-order valence-corrected chi connectivity index (χ4v) is 1.82. The smallest absolute Gasteiger partial charge is 0.251 e. The molecule has 0 atom stereocenters. The molecule has 0 radical (unpaired) electrons. The highest BCUT2D eigenvalue weighted by Gasteiger charge is 2.02. The van der Waals surface area contributed by atoms with Gasteiger partial charge >= 0.3 is 0 Å². The van der Waals surface area contributed by atoms with Gasteiger partial charge in [-0.15, -0.1) is 0 Å². The van der Waals surface area contributed by atoms with Crippen molar-refractivity contribution in [2.45, 2.75) is 19.8 Å². The van der Waals surface area contributed by atoms with Crippen LogP contribution in [0, 0.1) is 6.92 Å². The van der Waals surface area contributed by atoms with Crippen molar-refractivity contribution < 1.29 is 0 Å². The molecular weight excluding hydrogens is 226 g/mol. The fraction of sp³-hybridized carbons (Fsp3) is 0.286. The average molecular weight is 243 g/mol. The molecule has 0 aliphatic rings. The molecule has 0 unspecified atom stereocenters. The Morgan fingerprint density at radius 3 is 2.67 bits per heavy atom. The molecular formula is C14H17N3O. The molecule has 0 saturated heterocycles. The molecule has 2 rings (SSSR count). The van der Waals surface area contributed by atoms with E-state index in [1.165, 1.54) is 11.6 Å². The third-order valence-electron chi connectivity index (χ3n) is 2.74. The van der Waals surface area contributed by atoms with Crippen molar-refractivity contribution in [3.63, 3.8) is 0 Å². The monoisotopic (exact) mass is 243 g/mol. The second-order valence-electron chi connectivity index (χ2n) is 4.38. The molecule has 0 amide bonds. The SMILES string of the molecule is Cc1ccc(Cc2nc(CCN)cc(=O)[nH]2)cc1. The highest BCUT2D eigenvalue weighted by molar-refractivity contribution is 5.24. The summed E-state index contributed by atoms with van der Waals surface area (Å²) in [4.78, 5) is 18.7. The Kier molecular flexibility index (Phi) is 3.89. The maximum absolute atomic E-state index is 11.5. The summed E-state index contributed by atoms with van der Waals surface area (Å²) < 4.78 is 0. The second-order valence-corrected chi connectivity index (χ2v) is 4.38. The molecule has 0 saturated carbocycles. The number of nitrogens with zero attached hydrogens (tertiary/aromatic N) is 1. The summed E-state index contributed by atoms with van der Waals surface area (Å²) in [7, 11) is 0. The summed E-state index contributed by atoms with van der Waals surface area (Å²) in [5.41, 5.74) is 8.47. The van der Waals surface area contributed by atoms with E-state index in [4.69, 9.17) is 5.73 Å². The predicted molar refractivity (Wildman–Crippen MR) is 71.6 cm³/mol. The quantitative estimate of drug-likeness (QED) is 0.846. The second kappa shape index (κ2) is 5.60. The van der Waals surface area contributed by atoms with E-state index in [0.717, 1.165) is 11.3 Å². The normalized spacial score (nSPS) is 10.6. The van der Waals surface area contributed by atoms with E-state index in [1.807, 2.05) is 19.1 Å². The Morgan fingerprint density at radius 2 is 2.00 bits per heavy atom. The van der Waals surface area contributed by atoms with Gasteiger partial charge in [0.05, 0.1) is 0 Å². The summed E-state index contributed by atoms with van der Waals surface area (Å²) in [5.74, 6) is 0.690. The predicted octanol–water partition coefficient (Wildman–Crippen LogP) is 1.17. The summed E-state index contributed by atoms with van der Waals surface area (Å²) in [6, 6.07) is 9.70. The van der Waals surface area contributed by atoms with Gasteiger partial charge in [0.25, 0.3) is 5.56 Å². The largest absolute Gasteiger partial charge is 0.330 e. The standard InChI is InChI=1S/C14H17N3O/c1-10-2-4-11(5-3-10)8-13-16-12(6-7-15)9-14(18)17-13/h2-5,9H,6-8,15H2,1H3,(H,16,17,18). The molecule has 1 heterocycles. The van der Waals surface area contributed by atoms with Gasteiger partial charge in [-0.25, -0.2) is 4.98 Å². The number of hydrogen-bond donors (Lipinski definition) is 2. The lowest BCUT2D eigenvalue weighted by atomic mass is 10.1. The van der Waals surface area contributed by atoms with Gasteiger partial charge in [-0.2, -0.15) is 0 Å². The van der Waals surface area contributed by atoms with Crippen molar-refractivity contribution in [3.8, 4) is 0 Å². The lowest BCUT2D eigenvalue weighted by Gasteiger charge is -2.04. The Hall–Kier alpha value is -1.94. The molecule has 4 heteroatoms. The van der Waals surface area contributed by atoms with Gasteiger partial charge in [0, 0.05) is 24.6 Å². The zero-order valence-corrected chi connectivity index (χ0v) is 10.4. The van der Waals surface area contributed by atoms with Crippen LogP contribution in [0.25, 0.3) is 0 Å². The van der Waals surface area contributed by atoms with Crippen LogP contribution in [0.4, 0.5) is 0 Å². The van der Waals surface area contributed by atoms with Crippen molar-refractivity contribution in [2.24, 2.45) is 5.73 Å². The topological polar surface area (TPSA) is 71.8 Å². The Labute approximate surface area is 106 Å². The molecule has 0 spiro atoms. The molecule has 18 heavy (non-hydrogen) atoms. The van der Waals surface area contributed by atoms with Gasteiger partial charge < -0.3 is 10.7 Å². The number of aromatic nitrogens is 2. The first-order valence-corrected chi connectivity index (χ1v) is 6.02. The Balaban J connectivity index is 2.23. The number of nitrogens with two attached hydrogens (primary N) is 1. The van der Waals surface area contributed by atoms with Crippen molar-refractivity contribution in [1.29, 1.82) is 0 Å². The van der Waals surface area contributed by atoms with Crippen LogP contribution in [0.2, 0.25) is 0 Å². The van der Waals surface area contributed by atoms with Crippen molar-refractivity contribution >= 4 is 0 Å². The lowest BCUT2D eigenvalue weighted by Crippen LogP contribution is -2.15. The van der Waals surface area contributed by atoms with Crippen LogP contribution in [0.15, 0.2) is 35.1 Å². The first kappa shape index (κ1) is 12.5. The van der Waals surface area contributed by atoms with Crippen LogP contribution in [0.3, 0.4) is 0 Å². The van der Waals surface area contributed by atoms with Crippen molar-refractivity contribution in [1.82, 2.24) is 9.97 Å². The molecule has 0 fully saturated rings. The molecule has 2 aromatic rings. The van der Waals surface area contributed by atoms with Crippen LogP contribution in [0.1, 0.15) is 22.6 Å². The van der Waals surface area contributed by atoms with Gasteiger partial charge in [-0.05, 0) is 19.0 Å². The number of aromatic amines is 1. The van der Waals surface area contributed by atoms with E-state index in [9.17, 15) is 4.79 Å². The molecule has 0 aliphatic heterocycles. The average Bonchev–Trinajstić information content (AvgIpc) is 2.32. The summed E-state index contributed by atoms with van der Waals surface area (Å²) in [5, 5.41) is 0. The van der Waals surface area contributed by atoms with Crippen molar-refractivity contribution in [3.05, 3.63) is 63.3 Å². The van der Waals surface area contributed by atoms with E-state index in [-0.39, 0.29) is 5.56 Å². The van der Waals surface area contributed by atoms with Crippen LogP contribution >= 0.6 is 0 Å². The molecule has 0 bridgehead atoms. The highest BCUT2D eigenvalue weighted by atomic mass is 16.1. The first-order chi connectivity index (χ1) is 8.67. The summed E-state index contributed by atoms with van der Waals surface area (Å²) in [6.07, 6.45) is 1.26. The van der Waals surface area contributed by atoms with E-state index < -0.39 is 0 Å². The number of benzene rings is 1. The summed E-state index contributed by atoms with van der Waals surface area (Å²) in [6.45, 7) is 2.55. The van der Waals surface area contributed by atoms with Crippen LogP contribution < -0.4 is 11.3 Å². The van der Waals surface area contributed by atoms with Crippen LogP contribution in [0.5, 0.6) is 0 Å². The van der Waals surface area contributed by atoms with Gasteiger partial charge in [-0.1, -0.05) is 29.8 Å². The van der Waals surface area contributed by atoms with E-state index in [0.29, 0.717) is 25.2 Å². The number of rotatable bonds is 4. The maximum atomic E-state index is 11.5. The van der Waals surface area contributed by atoms with Crippen LogP contribution in [-0.4, -0.2) is 16.5 Å². The third kappa shape index (κ3) is 3.28. The van der Waals surface area contributed by atoms with Crippen LogP contribution in [-0.2, 0) is 12.8 Å². The number of H-pyrrole nitrogens is 1. The maximum Gasteiger partial charge on any atom is 0.251 e. The third-order valence-corrected chi connectivity index (χ3v) is 2.74. The Bertz CT molecular complexity index is 572. The van der Waals surface area contributed by atoms with Gasteiger partial charge in [-0.3, -0.25) is 4.79 Å². The highest BCUT2D eigenvalue weighted by Crippen LogP contribution is 2.07. The van der Waals surface area contributed by atoms with Gasteiger partial charge in [0.2, 0.25) is 0 Å². The molecule has 0 aliphatic carbocycles. The van der Waals surface area contributed by atoms with E-state index in [2.05, 4.69) is 22.1 Å².